The summed E-state index contributed by atoms with van der Waals surface area (Å²) in [6.45, 7) is 4.81. The number of hydrogen-bond acceptors (Lipinski definition) is 4. The molecule has 0 spiro atoms. The SMILES string of the molecule is c1cc([C@H]2CCCN2)nc(N2CCCOCC2)c1. The van der Waals surface area contributed by atoms with Crippen molar-refractivity contribution >= 4 is 5.82 Å². The van der Waals surface area contributed by atoms with Crippen LogP contribution in [0.15, 0.2) is 18.2 Å². The second-order valence-corrected chi connectivity index (χ2v) is 5.02. The Morgan fingerprint density at radius 2 is 2.22 bits per heavy atom. The molecule has 18 heavy (non-hydrogen) atoms. The van der Waals surface area contributed by atoms with Gasteiger partial charge in [-0.1, -0.05) is 6.07 Å². The molecule has 98 valence electrons. The van der Waals surface area contributed by atoms with E-state index in [0.717, 1.165) is 45.1 Å². The first kappa shape index (κ1) is 11.9. The second kappa shape index (κ2) is 5.67. The highest BCUT2D eigenvalue weighted by Gasteiger charge is 2.19. The van der Waals surface area contributed by atoms with Gasteiger partial charge in [0.1, 0.15) is 5.82 Å². The van der Waals surface area contributed by atoms with Crippen molar-refractivity contribution in [1.82, 2.24) is 10.3 Å². The number of nitrogens with zero attached hydrogens (tertiary/aromatic N) is 2. The number of aromatic nitrogens is 1. The molecular weight excluding hydrogens is 226 g/mol. The average molecular weight is 247 g/mol. The van der Waals surface area contributed by atoms with Gasteiger partial charge in [0.15, 0.2) is 0 Å². The molecule has 3 rings (SSSR count). The molecule has 3 heterocycles. The van der Waals surface area contributed by atoms with Crippen LogP contribution in [0.1, 0.15) is 31.0 Å². The largest absolute Gasteiger partial charge is 0.380 e. The van der Waals surface area contributed by atoms with Crippen LogP contribution in [-0.2, 0) is 4.74 Å². The quantitative estimate of drug-likeness (QED) is 0.863. The minimum atomic E-state index is 0.452. The summed E-state index contributed by atoms with van der Waals surface area (Å²) < 4.78 is 5.49. The van der Waals surface area contributed by atoms with Crippen molar-refractivity contribution in [3.8, 4) is 0 Å². The minimum Gasteiger partial charge on any atom is -0.380 e. The van der Waals surface area contributed by atoms with Gasteiger partial charge in [-0.05, 0) is 37.9 Å². The summed E-state index contributed by atoms with van der Waals surface area (Å²) in [4.78, 5) is 7.17. The van der Waals surface area contributed by atoms with E-state index in [4.69, 9.17) is 9.72 Å². The van der Waals surface area contributed by atoms with E-state index in [1.165, 1.54) is 18.5 Å². The maximum absolute atomic E-state index is 5.49. The molecule has 0 bridgehead atoms. The predicted octanol–water partition coefficient (Wildman–Crippen LogP) is 1.73. The van der Waals surface area contributed by atoms with Crippen LogP contribution in [0.2, 0.25) is 0 Å². The zero-order chi connectivity index (χ0) is 12.2. The van der Waals surface area contributed by atoms with Gasteiger partial charge in [0.05, 0.1) is 12.3 Å². The van der Waals surface area contributed by atoms with Gasteiger partial charge in [-0.3, -0.25) is 0 Å². The van der Waals surface area contributed by atoms with Gasteiger partial charge in [0, 0.05) is 25.7 Å². The van der Waals surface area contributed by atoms with Crippen LogP contribution in [0.25, 0.3) is 0 Å². The van der Waals surface area contributed by atoms with Gasteiger partial charge in [-0.25, -0.2) is 4.98 Å². The monoisotopic (exact) mass is 247 g/mol. The van der Waals surface area contributed by atoms with Crippen molar-refractivity contribution in [3.05, 3.63) is 23.9 Å². The Labute approximate surface area is 108 Å². The first-order chi connectivity index (χ1) is 8.93. The third-order valence-electron chi connectivity index (χ3n) is 3.72. The number of hydrogen-bond donors (Lipinski definition) is 1. The molecular formula is C14H21N3O. The summed E-state index contributed by atoms with van der Waals surface area (Å²) in [5.41, 5.74) is 1.19. The molecule has 2 aliphatic rings. The topological polar surface area (TPSA) is 37.4 Å². The van der Waals surface area contributed by atoms with E-state index in [-0.39, 0.29) is 0 Å². The number of rotatable bonds is 2. The van der Waals surface area contributed by atoms with Crippen LogP contribution >= 0.6 is 0 Å². The van der Waals surface area contributed by atoms with Gasteiger partial charge in [0.2, 0.25) is 0 Å². The van der Waals surface area contributed by atoms with Crippen LogP contribution in [-0.4, -0.2) is 37.8 Å². The van der Waals surface area contributed by atoms with Gasteiger partial charge in [-0.15, -0.1) is 0 Å². The molecule has 2 fully saturated rings. The summed E-state index contributed by atoms with van der Waals surface area (Å²) in [5.74, 6) is 1.10. The maximum Gasteiger partial charge on any atom is 0.128 e. The first-order valence-electron chi connectivity index (χ1n) is 6.96. The highest BCUT2D eigenvalue weighted by Crippen LogP contribution is 2.23. The second-order valence-electron chi connectivity index (χ2n) is 5.02. The van der Waals surface area contributed by atoms with Crippen LogP contribution < -0.4 is 10.2 Å². The van der Waals surface area contributed by atoms with E-state index in [9.17, 15) is 0 Å². The van der Waals surface area contributed by atoms with Crippen molar-refractivity contribution in [2.75, 3.05) is 37.7 Å². The van der Waals surface area contributed by atoms with Crippen molar-refractivity contribution < 1.29 is 4.74 Å². The molecule has 4 nitrogen and oxygen atoms in total. The lowest BCUT2D eigenvalue weighted by atomic mass is 10.1. The third kappa shape index (κ3) is 2.65. The van der Waals surface area contributed by atoms with Gasteiger partial charge < -0.3 is 15.0 Å². The van der Waals surface area contributed by atoms with Gasteiger partial charge in [-0.2, -0.15) is 0 Å². The Balaban J connectivity index is 1.76. The molecule has 0 radical (unpaired) electrons. The third-order valence-corrected chi connectivity index (χ3v) is 3.72. The number of nitrogens with one attached hydrogen (secondary N) is 1. The van der Waals surface area contributed by atoms with Crippen molar-refractivity contribution in [2.45, 2.75) is 25.3 Å². The predicted molar refractivity (Wildman–Crippen MR) is 71.9 cm³/mol. The summed E-state index contributed by atoms with van der Waals surface area (Å²) in [6, 6.07) is 6.83. The fourth-order valence-corrected chi connectivity index (χ4v) is 2.72. The zero-order valence-corrected chi connectivity index (χ0v) is 10.8. The van der Waals surface area contributed by atoms with Crippen molar-refractivity contribution in [1.29, 1.82) is 0 Å². The van der Waals surface area contributed by atoms with E-state index < -0.39 is 0 Å². The van der Waals surface area contributed by atoms with E-state index in [1.54, 1.807) is 0 Å². The molecule has 1 aromatic heterocycles. The standard InChI is InChI=1S/C14H21N3O/c1-4-13(12-5-2-7-15-12)16-14(6-1)17-8-3-10-18-11-9-17/h1,4,6,12,15H,2-3,5,7-11H2/t12-/m1/s1. The molecule has 1 aromatic rings. The molecule has 0 saturated carbocycles. The van der Waals surface area contributed by atoms with E-state index >= 15 is 0 Å². The maximum atomic E-state index is 5.49. The Hall–Kier alpha value is -1.13. The minimum absolute atomic E-state index is 0.452. The molecule has 2 saturated heterocycles. The number of pyridine rings is 1. The molecule has 1 N–H and O–H groups in total. The summed E-state index contributed by atoms with van der Waals surface area (Å²) in [7, 11) is 0. The molecule has 1 atom stereocenters. The smallest absolute Gasteiger partial charge is 0.128 e. The molecule has 0 aliphatic carbocycles. The van der Waals surface area contributed by atoms with Gasteiger partial charge >= 0.3 is 0 Å². The van der Waals surface area contributed by atoms with E-state index in [2.05, 4.69) is 28.4 Å². The lowest BCUT2D eigenvalue weighted by Crippen LogP contribution is -2.27. The van der Waals surface area contributed by atoms with Crippen LogP contribution in [0.3, 0.4) is 0 Å². The summed E-state index contributed by atoms with van der Waals surface area (Å²) in [6.07, 6.45) is 3.56. The first-order valence-corrected chi connectivity index (χ1v) is 6.96. The van der Waals surface area contributed by atoms with E-state index in [1.807, 2.05) is 0 Å². The lowest BCUT2D eigenvalue weighted by Gasteiger charge is -2.22. The highest BCUT2D eigenvalue weighted by molar-refractivity contribution is 5.40. The van der Waals surface area contributed by atoms with Crippen LogP contribution in [0.5, 0.6) is 0 Å². The van der Waals surface area contributed by atoms with Crippen LogP contribution in [0, 0.1) is 0 Å². The summed E-state index contributed by atoms with van der Waals surface area (Å²) in [5, 5.41) is 3.51. The van der Waals surface area contributed by atoms with E-state index in [0.29, 0.717) is 6.04 Å². The van der Waals surface area contributed by atoms with Crippen molar-refractivity contribution in [2.24, 2.45) is 0 Å². The number of ether oxygens (including phenoxy) is 1. The molecule has 0 amide bonds. The Morgan fingerprint density at radius 3 is 3.11 bits per heavy atom. The Bertz CT molecular complexity index is 382. The number of anilines is 1. The molecule has 0 unspecified atom stereocenters. The van der Waals surface area contributed by atoms with Crippen molar-refractivity contribution in [3.63, 3.8) is 0 Å². The Kier molecular flexibility index (Phi) is 3.76. The molecule has 0 aromatic carbocycles. The molecule has 4 heteroatoms. The normalized spacial score (nSPS) is 25.1. The fourth-order valence-electron chi connectivity index (χ4n) is 2.72. The highest BCUT2D eigenvalue weighted by atomic mass is 16.5. The zero-order valence-electron chi connectivity index (χ0n) is 10.8. The summed E-state index contributed by atoms with van der Waals surface area (Å²) >= 11 is 0. The lowest BCUT2D eigenvalue weighted by molar-refractivity contribution is 0.152. The Morgan fingerprint density at radius 1 is 1.22 bits per heavy atom. The van der Waals surface area contributed by atoms with Gasteiger partial charge in [0.25, 0.3) is 0 Å². The fraction of sp³-hybridized carbons (Fsp3) is 0.643. The molecule has 2 aliphatic heterocycles. The van der Waals surface area contributed by atoms with Crippen LogP contribution in [0.4, 0.5) is 5.82 Å². The average Bonchev–Trinajstić information content (AvgIpc) is 2.82.